The second-order valence-corrected chi connectivity index (χ2v) is 9.07. The first kappa shape index (κ1) is 21.0. The monoisotopic (exact) mass is 413 g/mol. The van der Waals surface area contributed by atoms with Gasteiger partial charge in [0.2, 0.25) is 10.0 Å². The first-order chi connectivity index (χ1) is 13.7. The predicted octanol–water partition coefficient (Wildman–Crippen LogP) is 4.33. The molecule has 7 heteroatoms. The van der Waals surface area contributed by atoms with Crippen molar-refractivity contribution in [3.63, 3.8) is 0 Å². The van der Waals surface area contributed by atoms with Crippen molar-refractivity contribution < 1.29 is 12.8 Å². The van der Waals surface area contributed by atoms with Gasteiger partial charge in [0.15, 0.2) is 0 Å². The Kier molecular flexibility index (Phi) is 5.78. The Hall–Kier alpha value is -2.69. The van der Waals surface area contributed by atoms with E-state index in [0.29, 0.717) is 45.5 Å². The molecule has 0 radical (unpaired) electrons. The molecule has 0 aliphatic heterocycles. The lowest BCUT2D eigenvalue weighted by Gasteiger charge is -2.20. The van der Waals surface area contributed by atoms with Gasteiger partial charge in [-0.3, -0.25) is 0 Å². The second-order valence-electron chi connectivity index (χ2n) is 7.42. The van der Waals surface area contributed by atoms with Crippen LogP contribution in [0.1, 0.15) is 35.6 Å². The third-order valence-corrected chi connectivity index (χ3v) is 6.89. The molecule has 1 aromatic heterocycles. The minimum Gasteiger partial charge on any atom is -0.345 e. The van der Waals surface area contributed by atoms with E-state index in [1.807, 2.05) is 26.0 Å². The normalized spacial score (nSPS) is 12.8. The number of nitrogens with zero attached hydrogens (tertiary/aromatic N) is 2. The first-order valence-corrected chi connectivity index (χ1v) is 10.9. The van der Waals surface area contributed by atoms with Crippen molar-refractivity contribution in [1.29, 1.82) is 5.26 Å². The number of nitrogens with one attached hydrogen (secondary N) is 1. The maximum atomic E-state index is 13.6. The Morgan fingerprint density at radius 3 is 2.41 bits per heavy atom. The molecule has 0 bridgehead atoms. The predicted molar refractivity (Wildman–Crippen MR) is 112 cm³/mol. The van der Waals surface area contributed by atoms with Crippen LogP contribution in [-0.4, -0.2) is 19.0 Å². The minimum atomic E-state index is -3.72. The smallest absolute Gasteiger partial charge is 0.241 e. The Morgan fingerprint density at radius 1 is 1.17 bits per heavy atom. The van der Waals surface area contributed by atoms with Crippen LogP contribution >= 0.6 is 0 Å². The third kappa shape index (κ3) is 4.19. The number of hydrogen-bond acceptors (Lipinski definition) is 3. The van der Waals surface area contributed by atoms with E-state index in [0.717, 1.165) is 5.56 Å². The summed E-state index contributed by atoms with van der Waals surface area (Å²) in [7, 11) is -3.72. The van der Waals surface area contributed by atoms with Gasteiger partial charge in [-0.05, 0) is 56.5 Å². The maximum Gasteiger partial charge on any atom is 0.241 e. The Morgan fingerprint density at radius 2 is 1.83 bits per heavy atom. The molecule has 0 saturated heterocycles. The SMILES string of the molecule is CC[C@@H](Cn1cc(C#N)c2cc(F)ccc21)NS(=O)(=O)c1c(C)cc(C)cc1C. The number of aryl methyl sites for hydroxylation is 3. The molecule has 0 fully saturated rings. The van der Waals surface area contributed by atoms with Gasteiger partial charge in [0, 0.05) is 29.7 Å². The molecule has 3 rings (SSSR count). The number of nitriles is 1. The molecule has 0 unspecified atom stereocenters. The van der Waals surface area contributed by atoms with Crippen molar-refractivity contribution >= 4 is 20.9 Å². The fourth-order valence-corrected chi connectivity index (χ4v) is 5.63. The third-order valence-electron chi connectivity index (χ3n) is 5.07. The molecule has 0 amide bonds. The molecule has 1 atom stereocenters. The van der Waals surface area contributed by atoms with Crippen LogP contribution < -0.4 is 4.72 Å². The standard InChI is InChI=1S/C22H24FN3O2S/c1-5-19(25-29(27,28)22-15(3)8-14(2)9-16(22)4)13-26-12-17(11-24)20-10-18(23)6-7-21(20)26/h6-10,12,19,25H,5,13H2,1-4H3/t19-/m0/s1. The molecule has 29 heavy (non-hydrogen) atoms. The van der Waals surface area contributed by atoms with Crippen LogP contribution in [0.2, 0.25) is 0 Å². The van der Waals surface area contributed by atoms with E-state index in [4.69, 9.17) is 0 Å². The second kappa shape index (κ2) is 7.97. The van der Waals surface area contributed by atoms with Gasteiger partial charge in [0.25, 0.3) is 0 Å². The molecule has 1 heterocycles. The number of rotatable bonds is 6. The van der Waals surface area contributed by atoms with Gasteiger partial charge in [-0.1, -0.05) is 24.6 Å². The van der Waals surface area contributed by atoms with Gasteiger partial charge >= 0.3 is 0 Å². The average Bonchev–Trinajstić information content (AvgIpc) is 2.96. The molecule has 152 valence electrons. The molecule has 3 aromatic rings. The van der Waals surface area contributed by atoms with Crippen LogP contribution in [0.3, 0.4) is 0 Å². The van der Waals surface area contributed by atoms with E-state index < -0.39 is 15.8 Å². The van der Waals surface area contributed by atoms with Crippen molar-refractivity contribution in [2.24, 2.45) is 0 Å². The highest BCUT2D eigenvalue weighted by atomic mass is 32.2. The highest BCUT2D eigenvalue weighted by molar-refractivity contribution is 7.89. The zero-order valence-electron chi connectivity index (χ0n) is 17.0. The molecular weight excluding hydrogens is 389 g/mol. The van der Waals surface area contributed by atoms with Gasteiger partial charge in [-0.2, -0.15) is 5.26 Å². The van der Waals surface area contributed by atoms with Crippen LogP contribution in [0, 0.1) is 37.9 Å². The summed E-state index contributed by atoms with van der Waals surface area (Å²) in [5, 5.41) is 9.88. The lowest BCUT2D eigenvalue weighted by molar-refractivity contribution is 0.491. The van der Waals surface area contributed by atoms with Gasteiger partial charge in [0.1, 0.15) is 11.9 Å². The molecule has 2 aromatic carbocycles. The Labute approximate surface area is 170 Å². The van der Waals surface area contributed by atoms with E-state index >= 15 is 0 Å². The van der Waals surface area contributed by atoms with E-state index in [1.54, 1.807) is 30.7 Å². The molecule has 5 nitrogen and oxygen atoms in total. The van der Waals surface area contributed by atoms with Crippen molar-refractivity contribution in [3.05, 3.63) is 64.6 Å². The summed E-state index contributed by atoms with van der Waals surface area (Å²) in [6.07, 6.45) is 2.20. The molecular formula is C22H24FN3O2S. The average molecular weight is 414 g/mol. The number of aromatic nitrogens is 1. The zero-order chi connectivity index (χ0) is 21.3. The van der Waals surface area contributed by atoms with Gasteiger partial charge in [0.05, 0.1) is 10.5 Å². The summed E-state index contributed by atoms with van der Waals surface area (Å²) in [4.78, 5) is 0.304. The van der Waals surface area contributed by atoms with Gasteiger partial charge in [-0.15, -0.1) is 0 Å². The highest BCUT2D eigenvalue weighted by Gasteiger charge is 2.24. The number of benzene rings is 2. The Bertz CT molecular complexity index is 1200. The lowest BCUT2D eigenvalue weighted by Crippen LogP contribution is -2.38. The summed E-state index contributed by atoms with van der Waals surface area (Å²) in [5.41, 5.74) is 3.49. The van der Waals surface area contributed by atoms with Crippen LogP contribution in [0.15, 0.2) is 41.4 Å². The molecule has 0 saturated carbocycles. The first-order valence-electron chi connectivity index (χ1n) is 9.45. The molecule has 0 aliphatic carbocycles. The topological polar surface area (TPSA) is 74.9 Å². The fourth-order valence-electron chi connectivity index (χ4n) is 3.87. The Balaban J connectivity index is 1.94. The summed E-state index contributed by atoms with van der Waals surface area (Å²) < 4.78 is 44.4. The van der Waals surface area contributed by atoms with E-state index in [2.05, 4.69) is 10.8 Å². The quantitative estimate of drug-likeness (QED) is 0.653. The minimum absolute atomic E-state index is 0.304. The number of halogens is 1. The maximum absolute atomic E-state index is 13.6. The highest BCUT2D eigenvalue weighted by Crippen LogP contribution is 2.24. The van der Waals surface area contributed by atoms with E-state index in [1.165, 1.54) is 12.1 Å². The van der Waals surface area contributed by atoms with E-state index in [-0.39, 0.29) is 6.04 Å². The summed E-state index contributed by atoms with van der Waals surface area (Å²) in [5.74, 6) is -0.412. The van der Waals surface area contributed by atoms with Crippen molar-refractivity contribution in [2.45, 2.75) is 51.6 Å². The molecule has 0 aliphatic rings. The number of fused-ring (bicyclic) bond motifs is 1. The zero-order valence-corrected chi connectivity index (χ0v) is 17.8. The summed E-state index contributed by atoms with van der Waals surface area (Å²) >= 11 is 0. The van der Waals surface area contributed by atoms with Crippen LogP contribution in [0.25, 0.3) is 10.9 Å². The molecule has 1 N–H and O–H groups in total. The van der Waals surface area contributed by atoms with Crippen molar-refractivity contribution in [2.75, 3.05) is 0 Å². The largest absolute Gasteiger partial charge is 0.345 e. The fraction of sp³-hybridized carbons (Fsp3) is 0.318. The van der Waals surface area contributed by atoms with Crippen LogP contribution in [-0.2, 0) is 16.6 Å². The van der Waals surface area contributed by atoms with Crippen LogP contribution in [0.5, 0.6) is 0 Å². The number of hydrogen-bond donors (Lipinski definition) is 1. The van der Waals surface area contributed by atoms with Crippen LogP contribution in [0.4, 0.5) is 4.39 Å². The summed E-state index contributed by atoms with van der Waals surface area (Å²) in [6, 6.07) is 9.69. The van der Waals surface area contributed by atoms with Crippen molar-refractivity contribution in [3.8, 4) is 6.07 Å². The lowest BCUT2D eigenvalue weighted by atomic mass is 10.1. The molecule has 0 spiro atoms. The summed E-state index contributed by atoms with van der Waals surface area (Å²) in [6.45, 7) is 7.76. The van der Waals surface area contributed by atoms with Gasteiger partial charge < -0.3 is 4.57 Å². The number of sulfonamides is 1. The van der Waals surface area contributed by atoms with E-state index in [9.17, 15) is 18.1 Å². The van der Waals surface area contributed by atoms with Gasteiger partial charge in [-0.25, -0.2) is 17.5 Å². The van der Waals surface area contributed by atoms with Crippen molar-refractivity contribution in [1.82, 2.24) is 9.29 Å².